The molecule has 25 heavy (non-hydrogen) atoms. The van der Waals surface area contributed by atoms with Crippen LogP contribution in [0.2, 0.25) is 0 Å². The maximum atomic E-state index is 3.90. The highest BCUT2D eigenvalue weighted by atomic mass is 14.0. The molecule has 3 aromatic rings. The van der Waals surface area contributed by atoms with E-state index in [4.69, 9.17) is 0 Å². The van der Waals surface area contributed by atoms with Crippen molar-refractivity contribution in [3.05, 3.63) is 120 Å². The van der Waals surface area contributed by atoms with E-state index in [1.807, 2.05) is 19.9 Å². The van der Waals surface area contributed by atoms with E-state index in [1.54, 1.807) is 0 Å². The van der Waals surface area contributed by atoms with Crippen molar-refractivity contribution in [2.45, 2.75) is 20.3 Å². The Balaban J connectivity index is 0.000000181. The molecule has 3 rings (SSSR count). The maximum absolute atomic E-state index is 3.90. The van der Waals surface area contributed by atoms with E-state index < -0.39 is 0 Å². The molecule has 0 saturated carbocycles. The molecular formula is C25H26. The first-order valence-electron chi connectivity index (χ1n) is 8.65. The second kappa shape index (κ2) is 10.1. The molecule has 0 aliphatic carbocycles. The van der Waals surface area contributed by atoms with Crippen molar-refractivity contribution >= 4 is 11.6 Å². The maximum Gasteiger partial charge on any atom is -0.00258 e. The molecule has 0 amide bonds. The summed E-state index contributed by atoms with van der Waals surface area (Å²) >= 11 is 0. The molecular weight excluding hydrogens is 300 g/mol. The Morgan fingerprint density at radius 3 is 1.84 bits per heavy atom. The van der Waals surface area contributed by atoms with Gasteiger partial charge in [0.05, 0.1) is 0 Å². The highest BCUT2D eigenvalue weighted by Gasteiger charge is 1.93. The van der Waals surface area contributed by atoms with Gasteiger partial charge in [0.15, 0.2) is 0 Å². The predicted molar refractivity (Wildman–Crippen MR) is 112 cm³/mol. The zero-order chi connectivity index (χ0) is 17.9. The average Bonchev–Trinajstić information content (AvgIpc) is 2.64. The van der Waals surface area contributed by atoms with Crippen LogP contribution in [0.5, 0.6) is 0 Å². The summed E-state index contributed by atoms with van der Waals surface area (Å²) < 4.78 is 0. The average molecular weight is 326 g/mol. The first-order chi connectivity index (χ1) is 12.2. The summed E-state index contributed by atoms with van der Waals surface area (Å²) in [6.07, 6.45) is 5.16. The fourth-order valence-electron chi connectivity index (χ4n) is 2.53. The van der Waals surface area contributed by atoms with Gasteiger partial charge in [-0.05, 0) is 48.6 Å². The van der Waals surface area contributed by atoms with Crippen LogP contribution in [0.25, 0.3) is 11.6 Å². The number of allylic oxidation sites excluding steroid dienone is 2. The zero-order valence-corrected chi connectivity index (χ0v) is 15.2. The Morgan fingerprint density at radius 2 is 1.36 bits per heavy atom. The van der Waals surface area contributed by atoms with Crippen LogP contribution in [0.1, 0.15) is 36.1 Å². The normalized spacial score (nSPS) is 10.2. The van der Waals surface area contributed by atoms with Gasteiger partial charge in [-0.15, -0.1) is 0 Å². The van der Waals surface area contributed by atoms with Crippen LogP contribution in [-0.2, 0) is 6.42 Å². The van der Waals surface area contributed by atoms with Crippen LogP contribution < -0.4 is 0 Å². The molecule has 0 radical (unpaired) electrons. The van der Waals surface area contributed by atoms with Crippen molar-refractivity contribution in [2.75, 3.05) is 0 Å². The summed E-state index contributed by atoms with van der Waals surface area (Å²) in [7, 11) is 0. The number of hydrogen-bond donors (Lipinski definition) is 0. The summed E-state index contributed by atoms with van der Waals surface area (Å²) in [5.74, 6) is 0. The second-order valence-corrected chi connectivity index (χ2v) is 6.05. The standard InChI is InChI=1S/C13H12.C12H14/c1-3-7-12(8-4-1)11-13-9-5-2-6-10-13;1-4-6-11-7-5-8-12(9-11)10(2)3/h1-10H,11H2;4-9H,2H2,1,3H3/b;6-4-. The predicted octanol–water partition coefficient (Wildman–Crippen LogP) is 7.03. The van der Waals surface area contributed by atoms with E-state index in [0.717, 1.165) is 12.0 Å². The van der Waals surface area contributed by atoms with Crippen LogP contribution in [0.4, 0.5) is 0 Å². The number of benzene rings is 3. The van der Waals surface area contributed by atoms with Crippen LogP contribution in [0, 0.1) is 0 Å². The summed E-state index contributed by atoms with van der Waals surface area (Å²) in [4.78, 5) is 0. The van der Waals surface area contributed by atoms with E-state index in [9.17, 15) is 0 Å². The monoisotopic (exact) mass is 326 g/mol. The summed E-state index contributed by atoms with van der Waals surface area (Å²) in [6.45, 7) is 7.95. The lowest BCUT2D eigenvalue weighted by molar-refractivity contribution is 1.19. The van der Waals surface area contributed by atoms with Gasteiger partial charge in [-0.1, -0.05) is 103 Å². The van der Waals surface area contributed by atoms with Crippen LogP contribution >= 0.6 is 0 Å². The molecule has 0 fully saturated rings. The topological polar surface area (TPSA) is 0 Å². The molecule has 0 aliphatic heterocycles. The summed E-state index contributed by atoms with van der Waals surface area (Å²) in [5, 5.41) is 0. The lowest BCUT2D eigenvalue weighted by Gasteiger charge is -2.00. The van der Waals surface area contributed by atoms with Crippen molar-refractivity contribution in [3.8, 4) is 0 Å². The van der Waals surface area contributed by atoms with Crippen molar-refractivity contribution in [3.63, 3.8) is 0 Å². The Morgan fingerprint density at radius 1 is 0.800 bits per heavy atom. The first kappa shape index (κ1) is 18.5. The second-order valence-electron chi connectivity index (χ2n) is 6.05. The molecule has 126 valence electrons. The van der Waals surface area contributed by atoms with Gasteiger partial charge in [-0.2, -0.15) is 0 Å². The minimum atomic E-state index is 1.03. The van der Waals surface area contributed by atoms with E-state index in [-0.39, 0.29) is 0 Å². The van der Waals surface area contributed by atoms with Gasteiger partial charge in [-0.3, -0.25) is 0 Å². The van der Waals surface area contributed by atoms with Crippen molar-refractivity contribution in [2.24, 2.45) is 0 Å². The molecule has 0 aromatic heterocycles. The minimum Gasteiger partial charge on any atom is -0.0955 e. The third-order valence-electron chi connectivity index (χ3n) is 3.83. The van der Waals surface area contributed by atoms with Crippen LogP contribution in [0.3, 0.4) is 0 Å². The van der Waals surface area contributed by atoms with Gasteiger partial charge in [0.25, 0.3) is 0 Å². The molecule has 0 heterocycles. The Hall–Kier alpha value is -2.86. The molecule has 0 N–H and O–H groups in total. The van der Waals surface area contributed by atoms with E-state index in [2.05, 4.69) is 97.6 Å². The summed E-state index contributed by atoms with van der Waals surface area (Å²) in [6, 6.07) is 29.4. The van der Waals surface area contributed by atoms with Gasteiger partial charge < -0.3 is 0 Å². The highest BCUT2D eigenvalue weighted by Crippen LogP contribution is 2.14. The van der Waals surface area contributed by atoms with E-state index >= 15 is 0 Å². The van der Waals surface area contributed by atoms with E-state index in [1.165, 1.54) is 22.3 Å². The Labute approximate surface area is 152 Å². The third-order valence-corrected chi connectivity index (χ3v) is 3.83. The van der Waals surface area contributed by atoms with Crippen LogP contribution in [0.15, 0.2) is 97.6 Å². The molecule has 0 unspecified atom stereocenters. The molecule has 0 heteroatoms. The van der Waals surface area contributed by atoms with E-state index in [0.29, 0.717) is 0 Å². The Kier molecular flexibility index (Phi) is 7.46. The largest absolute Gasteiger partial charge is 0.0955 e. The fraction of sp³-hybridized carbons (Fsp3) is 0.120. The van der Waals surface area contributed by atoms with Gasteiger partial charge >= 0.3 is 0 Å². The molecule has 0 saturated heterocycles. The molecule has 0 bridgehead atoms. The number of rotatable bonds is 4. The zero-order valence-electron chi connectivity index (χ0n) is 15.2. The molecule has 0 nitrogen and oxygen atoms in total. The quantitative estimate of drug-likeness (QED) is 0.483. The van der Waals surface area contributed by atoms with Gasteiger partial charge in [0, 0.05) is 0 Å². The van der Waals surface area contributed by atoms with Crippen LogP contribution in [-0.4, -0.2) is 0 Å². The third kappa shape index (κ3) is 6.64. The summed E-state index contributed by atoms with van der Waals surface area (Å²) in [5.41, 5.74) is 6.30. The number of hydrogen-bond acceptors (Lipinski definition) is 0. The van der Waals surface area contributed by atoms with Crippen molar-refractivity contribution < 1.29 is 0 Å². The smallest absolute Gasteiger partial charge is 0.00258 e. The molecule has 0 atom stereocenters. The van der Waals surface area contributed by atoms with Gasteiger partial charge in [0.1, 0.15) is 0 Å². The van der Waals surface area contributed by atoms with Crippen molar-refractivity contribution in [1.29, 1.82) is 0 Å². The first-order valence-corrected chi connectivity index (χ1v) is 8.65. The molecule has 0 spiro atoms. The fourth-order valence-corrected chi connectivity index (χ4v) is 2.53. The molecule has 0 aliphatic rings. The highest BCUT2D eigenvalue weighted by molar-refractivity contribution is 5.64. The lowest BCUT2D eigenvalue weighted by atomic mass is 10.1. The minimum absolute atomic E-state index is 1.03. The molecule has 3 aromatic carbocycles. The lowest BCUT2D eigenvalue weighted by Crippen LogP contribution is -1.85. The SMILES string of the molecule is C=C(C)c1cccc(/C=C\C)c1.c1ccc(Cc2ccccc2)cc1. The van der Waals surface area contributed by atoms with Gasteiger partial charge in [-0.25, -0.2) is 0 Å². The van der Waals surface area contributed by atoms with Crippen molar-refractivity contribution in [1.82, 2.24) is 0 Å². The Bertz CT molecular complexity index is 758. The van der Waals surface area contributed by atoms with Gasteiger partial charge in [0.2, 0.25) is 0 Å².